The fraction of sp³-hybridized carbons (Fsp3) is 0.263. The number of nitrogens with zero attached hydrogens (tertiary/aromatic N) is 1. The highest BCUT2D eigenvalue weighted by Crippen LogP contribution is 2.56. The number of thioether (sulfide) groups is 1. The summed E-state index contributed by atoms with van der Waals surface area (Å²) < 4.78 is 10.6. The van der Waals surface area contributed by atoms with E-state index < -0.39 is 4.87 Å². The van der Waals surface area contributed by atoms with Crippen LogP contribution in [-0.2, 0) is 9.59 Å². The summed E-state index contributed by atoms with van der Waals surface area (Å²) in [4.78, 5) is 27.3. The number of methoxy groups -OCH3 is 2. The second-order valence-corrected chi connectivity index (χ2v) is 7.42. The van der Waals surface area contributed by atoms with Gasteiger partial charge in [-0.25, -0.2) is 0 Å². The molecule has 4 rings (SSSR count). The Labute approximate surface area is 155 Å². The normalized spacial score (nSPS) is 20.5. The molecule has 26 heavy (non-hydrogen) atoms. The van der Waals surface area contributed by atoms with Crippen LogP contribution < -0.4 is 19.7 Å². The topological polar surface area (TPSA) is 67.9 Å². The molecular weight excluding hydrogens is 352 g/mol. The van der Waals surface area contributed by atoms with Gasteiger partial charge in [0.15, 0.2) is 4.87 Å². The van der Waals surface area contributed by atoms with Crippen molar-refractivity contribution in [1.82, 2.24) is 0 Å². The van der Waals surface area contributed by atoms with Crippen LogP contribution in [0.1, 0.15) is 12.8 Å². The molecule has 134 valence electrons. The number of amides is 2. The highest BCUT2D eigenvalue weighted by atomic mass is 32.2. The van der Waals surface area contributed by atoms with E-state index in [1.807, 2.05) is 24.3 Å². The first kappa shape index (κ1) is 16.8. The van der Waals surface area contributed by atoms with Gasteiger partial charge in [0.1, 0.15) is 11.5 Å². The van der Waals surface area contributed by atoms with Crippen molar-refractivity contribution in [2.75, 3.05) is 24.4 Å². The van der Waals surface area contributed by atoms with E-state index >= 15 is 0 Å². The lowest BCUT2D eigenvalue weighted by Gasteiger charge is -2.29. The lowest BCUT2D eigenvalue weighted by Crippen LogP contribution is -2.49. The highest BCUT2D eigenvalue weighted by Gasteiger charge is 2.57. The zero-order valence-electron chi connectivity index (χ0n) is 14.4. The minimum atomic E-state index is -0.953. The van der Waals surface area contributed by atoms with Gasteiger partial charge in [0.2, 0.25) is 5.91 Å². The summed E-state index contributed by atoms with van der Waals surface area (Å²) >= 11 is 1.43. The smallest absolute Gasteiger partial charge is 0.261 e. The lowest BCUT2D eigenvalue weighted by atomic mass is 10.1. The van der Waals surface area contributed by atoms with E-state index in [0.717, 1.165) is 10.6 Å². The van der Waals surface area contributed by atoms with Crippen molar-refractivity contribution in [2.45, 2.75) is 22.6 Å². The number of benzene rings is 2. The van der Waals surface area contributed by atoms with Crippen molar-refractivity contribution in [2.24, 2.45) is 0 Å². The predicted molar refractivity (Wildman–Crippen MR) is 99.9 cm³/mol. The number of carbonyl (C=O) groups excluding carboxylic acids is 2. The number of fused-ring (bicyclic) bond motifs is 3. The molecule has 2 aromatic carbocycles. The lowest BCUT2D eigenvalue weighted by molar-refractivity contribution is -0.121. The summed E-state index contributed by atoms with van der Waals surface area (Å²) in [7, 11) is 3.11. The molecule has 2 heterocycles. The van der Waals surface area contributed by atoms with Gasteiger partial charge in [0.05, 0.1) is 25.6 Å². The monoisotopic (exact) mass is 370 g/mol. The van der Waals surface area contributed by atoms with Crippen molar-refractivity contribution in [1.29, 1.82) is 0 Å². The van der Waals surface area contributed by atoms with Gasteiger partial charge in [0, 0.05) is 17.4 Å². The Bertz CT molecular complexity index is 901. The third-order valence-electron chi connectivity index (χ3n) is 4.68. The van der Waals surface area contributed by atoms with Crippen LogP contribution in [0, 0.1) is 0 Å². The molecular formula is C19H18N2O4S. The van der Waals surface area contributed by atoms with E-state index in [1.165, 1.54) is 18.9 Å². The summed E-state index contributed by atoms with van der Waals surface area (Å²) in [5, 5.41) is 2.94. The van der Waals surface area contributed by atoms with Crippen LogP contribution in [0.2, 0.25) is 0 Å². The van der Waals surface area contributed by atoms with Crippen molar-refractivity contribution >= 4 is 35.0 Å². The third-order valence-corrected chi connectivity index (χ3v) is 6.16. The van der Waals surface area contributed by atoms with Crippen LogP contribution in [0.25, 0.3) is 0 Å². The number of carbonyl (C=O) groups is 2. The molecule has 0 spiro atoms. The Morgan fingerprint density at radius 3 is 2.77 bits per heavy atom. The summed E-state index contributed by atoms with van der Waals surface area (Å²) in [5.74, 6) is 0.885. The summed E-state index contributed by atoms with van der Waals surface area (Å²) in [6.45, 7) is 0. The molecule has 1 fully saturated rings. The SMILES string of the molecule is COc1ccc(NC(=O)[C@]23CCC(=O)N2c2ccccc2S3)c(OC)c1. The van der Waals surface area contributed by atoms with Gasteiger partial charge >= 0.3 is 0 Å². The largest absolute Gasteiger partial charge is 0.497 e. The molecule has 0 unspecified atom stereocenters. The van der Waals surface area contributed by atoms with Crippen LogP contribution in [0.15, 0.2) is 47.4 Å². The molecule has 0 radical (unpaired) electrons. The van der Waals surface area contributed by atoms with E-state index in [4.69, 9.17) is 9.47 Å². The van der Waals surface area contributed by atoms with Gasteiger partial charge in [-0.1, -0.05) is 23.9 Å². The molecule has 0 bridgehead atoms. The molecule has 2 aromatic rings. The Hall–Kier alpha value is -2.67. The minimum Gasteiger partial charge on any atom is -0.497 e. The summed E-state index contributed by atoms with van der Waals surface area (Å²) in [5.41, 5.74) is 1.35. The second kappa shape index (κ2) is 6.25. The van der Waals surface area contributed by atoms with Gasteiger partial charge in [-0.15, -0.1) is 0 Å². The maximum absolute atomic E-state index is 13.2. The number of ether oxygens (including phenoxy) is 2. The fourth-order valence-electron chi connectivity index (χ4n) is 3.42. The molecule has 0 saturated carbocycles. The van der Waals surface area contributed by atoms with Crippen molar-refractivity contribution in [3.05, 3.63) is 42.5 Å². The Balaban J connectivity index is 1.68. The van der Waals surface area contributed by atoms with Crippen LogP contribution >= 0.6 is 11.8 Å². The molecule has 0 aliphatic carbocycles. The molecule has 2 amide bonds. The van der Waals surface area contributed by atoms with Crippen LogP contribution in [0.4, 0.5) is 11.4 Å². The third kappa shape index (κ3) is 2.42. The molecule has 0 aromatic heterocycles. The van der Waals surface area contributed by atoms with Crippen LogP contribution in [-0.4, -0.2) is 30.9 Å². The van der Waals surface area contributed by atoms with Crippen molar-refractivity contribution < 1.29 is 19.1 Å². The van der Waals surface area contributed by atoms with E-state index in [9.17, 15) is 9.59 Å². The van der Waals surface area contributed by atoms with Crippen molar-refractivity contribution in [3.63, 3.8) is 0 Å². The van der Waals surface area contributed by atoms with Gasteiger partial charge in [0.25, 0.3) is 5.91 Å². The van der Waals surface area contributed by atoms with E-state index in [1.54, 1.807) is 30.2 Å². The summed E-state index contributed by atoms with van der Waals surface area (Å²) in [6.07, 6.45) is 0.823. The molecule has 1 atom stereocenters. The number of anilines is 2. The Morgan fingerprint density at radius 1 is 1.19 bits per heavy atom. The average molecular weight is 370 g/mol. The number of hydrogen-bond acceptors (Lipinski definition) is 5. The van der Waals surface area contributed by atoms with Crippen LogP contribution in [0.5, 0.6) is 11.5 Å². The quantitative estimate of drug-likeness (QED) is 0.895. The number of hydrogen-bond donors (Lipinski definition) is 1. The zero-order chi connectivity index (χ0) is 18.3. The maximum atomic E-state index is 13.2. The number of nitrogens with one attached hydrogen (secondary N) is 1. The van der Waals surface area contributed by atoms with Gasteiger partial charge < -0.3 is 14.8 Å². The van der Waals surface area contributed by atoms with Crippen molar-refractivity contribution in [3.8, 4) is 11.5 Å². The first-order valence-electron chi connectivity index (χ1n) is 8.23. The summed E-state index contributed by atoms with van der Waals surface area (Å²) in [6, 6.07) is 12.8. The Morgan fingerprint density at radius 2 is 2.00 bits per heavy atom. The van der Waals surface area contributed by atoms with Gasteiger partial charge in [-0.3, -0.25) is 14.5 Å². The molecule has 2 aliphatic rings. The molecule has 1 N–H and O–H groups in total. The standard InChI is InChI=1S/C19H18N2O4S/c1-24-12-7-8-13(15(11-12)25-2)20-18(23)19-10-9-17(22)21(19)14-5-3-4-6-16(14)26-19/h3-8,11H,9-10H2,1-2H3,(H,20,23)/t19-/m1/s1. The minimum absolute atomic E-state index is 0.0284. The van der Waals surface area contributed by atoms with E-state index in [0.29, 0.717) is 30.0 Å². The van der Waals surface area contributed by atoms with E-state index in [2.05, 4.69) is 5.32 Å². The second-order valence-electron chi connectivity index (χ2n) is 6.10. The van der Waals surface area contributed by atoms with Gasteiger partial charge in [-0.05, 0) is 30.7 Å². The average Bonchev–Trinajstić information content (AvgIpc) is 3.18. The molecule has 2 aliphatic heterocycles. The van der Waals surface area contributed by atoms with E-state index in [-0.39, 0.29) is 11.8 Å². The van der Waals surface area contributed by atoms with Crippen LogP contribution in [0.3, 0.4) is 0 Å². The first-order valence-corrected chi connectivity index (χ1v) is 9.05. The first-order chi connectivity index (χ1) is 12.6. The predicted octanol–water partition coefficient (Wildman–Crippen LogP) is 3.27. The van der Waals surface area contributed by atoms with Gasteiger partial charge in [-0.2, -0.15) is 0 Å². The molecule has 7 heteroatoms. The molecule has 6 nitrogen and oxygen atoms in total. The molecule has 1 saturated heterocycles. The maximum Gasteiger partial charge on any atom is 0.261 e. The zero-order valence-corrected chi connectivity index (χ0v) is 15.3. The number of rotatable bonds is 4. The fourth-order valence-corrected chi connectivity index (χ4v) is 4.83. The Kier molecular flexibility index (Phi) is 4.03. The highest BCUT2D eigenvalue weighted by molar-refractivity contribution is 8.02. The number of para-hydroxylation sites is 1.